The molecule has 0 spiro atoms. The molecule has 0 unspecified atom stereocenters. The third-order valence-electron chi connectivity index (χ3n) is 3.74. The third-order valence-corrected chi connectivity index (χ3v) is 4.27. The highest BCUT2D eigenvalue weighted by Gasteiger charge is 2.14. The largest absolute Gasteiger partial charge is 0.321 e. The summed E-state index contributed by atoms with van der Waals surface area (Å²) < 4.78 is 0.934. The maximum atomic E-state index is 12.7. The number of para-hydroxylation sites is 1. The highest BCUT2D eigenvalue weighted by atomic mass is 79.9. The zero-order valence-electron chi connectivity index (χ0n) is 14.4. The van der Waals surface area contributed by atoms with Crippen molar-refractivity contribution in [1.82, 2.24) is 5.32 Å². The fourth-order valence-electron chi connectivity index (χ4n) is 2.39. The van der Waals surface area contributed by atoms with E-state index in [1.165, 1.54) is 0 Å². The Labute approximate surface area is 166 Å². The molecule has 0 radical (unpaired) electrons. The Balaban J connectivity index is 1.87. The van der Waals surface area contributed by atoms with Gasteiger partial charge in [0.15, 0.2) is 0 Å². The summed E-state index contributed by atoms with van der Waals surface area (Å²) in [7, 11) is 0. The average molecular weight is 421 g/mol. The molecule has 0 saturated carbocycles. The molecule has 27 heavy (non-hydrogen) atoms. The molecule has 0 aromatic heterocycles. The van der Waals surface area contributed by atoms with Gasteiger partial charge < -0.3 is 10.6 Å². The quantitative estimate of drug-likeness (QED) is 0.579. The summed E-state index contributed by atoms with van der Waals surface area (Å²) >= 11 is 3.39. The van der Waals surface area contributed by atoms with Gasteiger partial charge in [-0.05, 0) is 48.0 Å². The number of rotatable bonds is 5. The van der Waals surface area contributed by atoms with Gasteiger partial charge in [-0.2, -0.15) is 0 Å². The lowest BCUT2D eigenvalue weighted by molar-refractivity contribution is -0.113. The predicted molar refractivity (Wildman–Crippen MR) is 111 cm³/mol. The number of halogens is 1. The van der Waals surface area contributed by atoms with E-state index in [1.54, 1.807) is 42.5 Å². The van der Waals surface area contributed by atoms with Gasteiger partial charge in [0.2, 0.25) is 0 Å². The molecule has 5 heteroatoms. The molecule has 3 aromatic rings. The third kappa shape index (κ3) is 5.39. The van der Waals surface area contributed by atoms with E-state index >= 15 is 0 Å². The molecule has 4 nitrogen and oxygen atoms in total. The van der Waals surface area contributed by atoms with E-state index in [-0.39, 0.29) is 11.6 Å². The van der Waals surface area contributed by atoms with E-state index in [1.807, 2.05) is 48.5 Å². The Hall–Kier alpha value is -3.18. The highest BCUT2D eigenvalue weighted by Crippen LogP contribution is 2.14. The van der Waals surface area contributed by atoms with Gasteiger partial charge in [0.05, 0.1) is 0 Å². The number of amides is 2. The molecule has 0 aliphatic carbocycles. The lowest BCUT2D eigenvalue weighted by Crippen LogP contribution is -2.30. The van der Waals surface area contributed by atoms with Crippen molar-refractivity contribution in [2.75, 3.05) is 5.32 Å². The zero-order valence-corrected chi connectivity index (χ0v) is 15.9. The topological polar surface area (TPSA) is 58.2 Å². The van der Waals surface area contributed by atoms with E-state index in [2.05, 4.69) is 26.6 Å². The molecule has 0 heterocycles. The van der Waals surface area contributed by atoms with Crippen molar-refractivity contribution >= 4 is 39.5 Å². The van der Waals surface area contributed by atoms with Crippen LogP contribution in [0, 0.1) is 0 Å². The highest BCUT2D eigenvalue weighted by molar-refractivity contribution is 9.10. The Morgan fingerprint density at radius 2 is 1.37 bits per heavy atom. The van der Waals surface area contributed by atoms with Crippen LogP contribution in [0.4, 0.5) is 5.69 Å². The summed E-state index contributed by atoms with van der Waals surface area (Å²) in [5, 5.41) is 5.51. The van der Waals surface area contributed by atoms with Crippen LogP contribution in [0.5, 0.6) is 0 Å². The minimum absolute atomic E-state index is 0.162. The summed E-state index contributed by atoms with van der Waals surface area (Å²) in [6.45, 7) is 0. The minimum Gasteiger partial charge on any atom is -0.321 e. The van der Waals surface area contributed by atoms with Gasteiger partial charge in [-0.25, -0.2) is 0 Å². The van der Waals surface area contributed by atoms with Gasteiger partial charge in [0.25, 0.3) is 11.8 Å². The first-order valence-electron chi connectivity index (χ1n) is 8.32. The molecule has 0 aliphatic rings. The van der Waals surface area contributed by atoms with Crippen LogP contribution in [-0.4, -0.2) is 11.8 Å². The lowest BCUT2D eigenvalue weighted by Gasteiger charge is -2.11. The molecule has 0 aliphatic heterocycles. The molecule has 3 rings (SSSR count). The number of hydrogen-bond acceptors (Lipinski definition) is 2. The summed E-state index contributed by atoms with van der Waals surface area (Å²) in [5.41, 5.74) is 2.09. The summed E-state index contributed by atoms with van der Waals surface area (Å²) in [6.07, 6.45) is 1.64. The zero-order chi connectivity index (χ0) is 19.1. The number of carbonyl (C=O) groups is 2. The van der Waals surface area contributed by atoms with Crippen molar-refractivity contribution < 1.29 is 9.59 Å². The summed E-state index contributed by atoms with van der Waals surface area (Å²) in [5.74, 6) is -0.740. The molecule has 3 aromatic carbocycles. The summed E-state index contributed by atoms with van der Waals surface area (Å²) in [4.78, 5) is 25.3. The van der Waals surface area contributed by atoms with Gasteiger partial charge in [-0.15, -0.1) is 0 Å². The maximum absolute atomic E-state index is 12.7. The molecular formula is C22H17BrN2O2. The van der Waals surface area contributed by atoms with Crippen LogP contribution < -0.4 is 10.6 Å². The molecular weight excluding hydrogens is 404 g/mol. The van der Waals surface area contributed by atoms with E-state index in [4.69, 9.17) is 0 Å². The number of hydrogen-bond donors (Lipinski definition) is 2. The second kappa shape index (κ2) is 8.96. The molecule has 2 N–H and O–H groups in total. The number of anilines is 1. The van der Waals surface area contributed by atoms with Crippen LogP contribution in [0.1, 0.15) is 15.9 Å². The van der Waals surface area contributed by atoms with Crippen LogP contribution in [0.3, 0.4) is 0 Å². The van der Waals surface area contributed by atoms with E-state index in [0.29, 0.717) is 11.3 Å². The predicted octanol–water partition coefficient (Wildman–Crippen LogP) is 4.86. The first kappa shape index (κ1) is 18.6. The van der Waals surface area contributed by atoms with Crippen LogP contribution in [0.15, 0.2) is 95.1 Å². The van der Waals surface area contributed by atoms with Crippen molar-refractivity contribution in [3.8, 4) is 0 Å². The van der Waals surface area contributed by atoms with Crippen molar-refractivity contribution in [2.24, 2.45) is 0 Å². The van der Waals surface area contributed by atoms with E-state index in [0.717, 1.165) is 10.0 Å². The molecule has 0 fully saturated rings. The molecule has 0 saturated heterocycles. The fraction of sp³-hybridized carbons (Fsp3) is 0. The van der Waals surface area contributed by atoms with E-state index < -0.39 is 5.91 Å². The first-order valence-corrected chi connectivity index (χ1v) is 9.11. The van der Waals surface area contributed by atoms with Gasteiger partial charge >= 0.3 is 0 Å². The fourth-order valence-corrected chi connectivity index (χ4v) is 2.65. The maximum Gasteiger partial charge on any atom is 0.272 e. The Morgan fingerprint density at radius 3 is 2.00 bits per heavy atom. The van der Waals surface area contributed by atoms with Gasteiger partial charge in [-0.3, -0.25) is 9.59 Å². The normalized spacial score (nSPS) is 10.9. The average Bonchev–Trinajstić information content (AvgIpc) is 2.70. The SMILES string of the molecule is O=C(Nc1ccccc1)/C(=C/c1ccc(Br)cc1)NC(=O)c1ccccc1. The second-order valence-corrected chi connectivity index (χ2v) is 6.67. The standard InChI is InChI=1S/C22H17BrN2O2/c23-18-13-11-16(12-14-18)15-20(22(27)24-19-9-5-2-6-10-19)25-21(26)17-7-3-1-4-8-17/h1-15H,(H,24,27)(H,25,26)/b20-15-. The van der Waals surface area contributed by atoms with Crippen LogP contribution in [0.25, 0.3) is 6.08 Å². The Bertz CT molecular complexity index is 953. The van der Waals surface area contributed by atoms with Crippen molar-refractivity contribution in [2.45, 2.75) is 0 Å². The van der Waals surface area contributed by atoms with Gasteiger partial charge in [0, 0.05) is 15.7 Å². The van der Waals surface area contributed by atoms with Gasteiger partial charge in [-0.1, -0.05) is 64.5 Å². The first-order chi connectivity index (χ1) is 13.1. The van der Waals surface area contributed by atoms with Crippen molar-refractivity contribution in [1.29, 1.82) is 0 Å². The second-order valence-electron chi connectivity index (χ2n) is 5.75. The van der Waals surface area contributed by atoms with Gasteiger partial charge in [0.1, 0.15) is 5.70 Å². The number of nitrogens with one attached hydrogen (secondary N) is 2. The van der Waals surface area contributed by atoms with Crippen molar-refractivity contribution in [3.05, 3.63) is 106 Å². The monoisotopic (exact) mass is 420 g/mol. The number of carbonyl (C=O) groups excluding carboxylic acids is 2. The Morgan fingerprint density at radius 1 is 0.778 bits per heavy atom. The molecule has 2 amide bonds. The molecule has 0 atom stereocenters. The van der Waals surface area contributed by atoms with Crippen LogP contribution in [-0.2, 0) is 4.79 Å². The van der Waals surface area contributed by atoms with Crippen LogP contribution >= 0.6 is 15.9 Å². The molecule has 0 bridgehead atoms. The smallest absolute Gasteiger partial charge is 0.272 e. The van der Waals surface area contributed by atoms with Crippen molar-refractivity contribution in [3.63, 3.8) is 0 Å². The minimum atomic E-state index is -0.395. The van der Waals surface area contributed by atoms with E-state index in [9.17, 15) is 9.59 Å². The van der Waals surface area contributed by atoms with Crippen LogP contribution in [0.2, 0.25) is 0 Å². The number of benzene rings is 3. The Kier molecular flexibility index (Phi) is 6.18. The molecule has 134 valence electrons. The lowest BCUT2D eigenvalue weighted by atomic mass is 10.1. The summed E-state index contributed by atoms with van der Waals surface area (Å²) in [6, 6.07) is 25.3.